The molecule has 2 fully saturated rings. The van der Waals surface area contributed by atoms with Crippen LogP contribution in [0.5, 0.6) is 0 Å². The molecule has 2 amide bonds. The van der Waals surface area contributed by atoms with Crippen molar-refractivity contribution < 1.29 is 9.59 Å². The molecule has 1 aromatic carbocycles. The summed E-state index contributed by atoms with van der Waals surface area (Å²) in [5, 5.41) is 6.42. The SMILES string of the molecule is CC(CC(=O)Nc1ccc(CN2CCCC2=O)cc1)C1CCCNC1. The molecule has 25 heavy (non-hydrogen) atoms. The van der Waals surface area contributed by atoms with Crippen LogP contribution in [0.3, 0.4) is 0 Å². The van der Waals surface area contributed by atoms with Crippen LogP contribution >= 0.6 is 0 Å². The molecule has 5 nitrogen and oxygen atoms in total. The summed E-state index contributed by atoms with van der Waals surface area (Å²) in [7, 11) is 0. The third-order valence-corrected chi connectivity index (χ3v) is 5.43. The van der Waals surface area contributed by atoms with E-state index < -0.39 is 0 Å². The first kappa shape index (κ1) is 17.9. The zero-order valence-electron chi connectivity index (χ0n) is 15.1. The van der Waals surface area contributed by atoms with Crippen LogP contribution in [0, 0.1) is 11.8 Å². The highest BCUT2D eigenvalue weighted by molar-refractivity contribution is 5.90. The molecule has 0 radical (unpaired) electrons. The highest BCUT2D eigenvalue weighted by Gasteiger charge is 2.22. The molecule has 1 aromatic rings. The summed E-state index contributed by atoms with van der Waals surface area (Å²) in [6.07, 6.45) is 4.61. The largest absolute Gasteiger partial charge is 0.338 e. The molecular formula is C20H29N3O2. The Hall–Kier alpha value is -1.88. The summed E-state index contributed by atoms with van der Waals surface area (Å²) in [4.78, 5) is 25.9. The first-order chi connectivity index (χ1) is 12.1. The fraction of sp³-hybridized carbons (Fsp3) is 0.600. The van der Waals surface area contributed by atoms with Crippen molar-refractivity contribution in [3.63, 3.8) is 0 Å². The number of carbonyl (C=O) groups is 2. The Morgan fingerprint density at radius 2 is 2.12 bits per heavy atom. The van der Waals surface area contributed by atoms with Crippen LogP contribution in [0.4, 0.5) is 5.69 Å². The number of anilines is 1. The first-order valence-electron chi connectivity index (χ1n) is 9.49. The molecule has 5 heteroatoms. The topological polar surface area (TPSA) is 61.4 Å². The second kappa shape index (κ2) is 8.48. The monoisotopic (exact) mass is 343 g/mol. The van der Waals surface area contributed by atoms with Crippen LogP contribution in [-0.4, -0.2) is 36.3 Å². The van der Waals surface area contributed by atoms with Gasteiger partial charge in [-0.15, -0.1) is 0 Å². The third kappa shape index (κ3) is 5.05. The molecule has 0 saturated carbocycles. The number of likely N-dealkylation sites (tertiary alicyclic amines) is 1. The summed E-state index contributed by atoms with van der Waals surface area (Å²) in [5.41, 5.74) is 1.94. The van der Waals surface area contributed by atoms with Gasteiger partial charge in [0.05, 0.1) is 0 Å². The van der Waals surface area contributed by atoms with Gasteiger partial charge < -0.3 is 15.5 Å². The molecule has 0 aliphatic carbocycles. The maximum Gasteiger partial charge on any atom is 0.224 e. The van der Waals surface area contributed by atoms with Gasteiger partial charge >= 0.3 is 0 Å². The van der Waals surface area contributed by atoms with Gasteiger partial charge in [0, 0.05) is 31.6 Å². The number of amides is 2. The van der Waals surface area contributed by atoms with Crippen molar-refractivity contribution in [3.8, 4) is 0 Å². The molecule has 2 saturated heterocycles. The molecule has 0 aromatic heterocycles. The quantitative estimate of drug-likeness (QED) is 0.835. The van der Waals surface area contributed by atoms with Gasteiger partial charge in [-0.25, -0.2) is 0 Å². The van der Waals surface area contributed by atoms with Gasteiger partial charge in [0.1, 0.15) is 0 Å². The fourth-order valence-electron chi connectivity index (χ4n) is 3.82. The van der Waals surface area contributed by atoms with Gasteiger partial charge in [-0.05, 0) is 61.9 Å². The smallest absolute Gasteiger partial charge is 0.224 e. The van der Waals surface area contributed by atoms with E-state index in [2.05, 4.69) is 17.6 Å². The van der Waals surface area contributed by atoms with E-state index in [4.69, 9.17) is 0 Å². The summed E-state index contributed by atoms with van der Waals surface area (Å²) < 4.78 is 0. The number of carbonyl (C=O) groups excluding carboxylic acids is 2. The van der Waals surface area contributed by atoms with E-state index in [1.165, 1.54) is 12.8 Å². The van der Waals surface area contributed by atoms with Crippen molar-refractivity contribution >= 4 is 17.5 Å². The minimum Gasteiger partial charge on any atom is -0.338 e. The van der Waals surface area contributed by atoms with E-state index >= 15 is 0 Å². The normalized spacial score (nSPS) is 22.0. The van der Waals surface area contributed by atoms with Crippen LogP contribution in [-0.2, 0) is 16.1 Å². The third-order valence-electron chi connectivity index (χ3n) is 5.43. The van der Waals surface area contributed by atoms with Gasteiger partial charge in [-0.3, -0.25) is 9.59 Å². The van der Waals surface area contributed by atoms with Crippen LogP contribution in [0.2, 0.25) is 0 Å². The Morgan fingerprint density at radius 1 is 1.32 bits per heavy atom. The lowest BCUT2D eigenvalue weighted by Crippen LogP contribution is -2.34. The number of piperidine rings is 1. The van der Waals surface area contributed by atoms with Crippen LogP contribution in [0.15, 0.2) is 24.3 Å². The standard InChI is InChI=1S/C20H29N3O2/c1-15(17-4-2-10-21-13-17)12-19(24)22-18-8-6-16(7-9-18)14-23-11-3-5-20(23)25/h6-9,15,17,21H,2-5,10-14H2,1H3,(H,22,24). The molecule has 2 N–H and O–H groups in total. The number of nitrogens with zero attached hydrogens (tertiary/aromatic N) is 1. The van der Waals surface area contributed by atoms with Crippen LogP contribution in [0.25, 0.3) is 0 Å². The number of benzene rings is 1. The van der Waals surface area contributed by atoms with Crippen LogP contribution in [0.1, 0.15) is 44.6 Å². The second-order valence-electron chi connectivity index (χ2n) is 7.45. The van der Waals surface area contributed by atoms with Crippen molar-refractivity contribution in [3.05, 3.63) is 29.8 Å². The highest BCUT2D eigenvalue weighted by atomic mass is 16.2. The van der Waals surface area contributed by atoms with Gasteiger partial charge in [-0.1, -0.05) is 19.1 Å². The average molecular weight is 343 g/mol. The molecule has 2 heterocycles. The lowest BCUT2D eigenvalue weighted by Gasteiger charge is -2.28. The molecule has 2 unspecified atom stereocenters. The summed E-state index contributed by atoms with van der Waals surface area (Å²) in [5.74, 6) is 1.32. The first-order valence-corrected chi connectivity index (χ1v) is 9.49. The Kier molecular flexibility index (Phi) is 6.08. The van der Waals surface area contributed by atoms with E-state index in [0.717, 1.165) is 37.3 Å². The predicted octanol–water partition coefficient (Wildman–Crippen LogP) is 2.77. The van der Waals surface area contributed by atoms with Gasteiger partial charge in [0.15, 0.2) is 0 Å². The van der Waals surface area contributed by atoms with Crippen molar-refractivity contribution in [1.82, 2.24) is 10.2 Å². The van der Waals surface area contributed by atoms with Crippen molar-refractivity contribution in [2.75, 3.05) is 25.0 Å². The van der Waals surface area contributed by atoms with E-state index in [-0.39, 0.29) is 11.8 Å². The Morgan fingerprint density at radius 3 is 2.76 bits per heavy atom. The molecule has 136 valence electrons. The molecular weight excluding hydrogens is 314 g/mol. The summed E-state index contributed by atoms with van der Waals surface area (Å²) in [6.45, 7) is 5.82. The molecule has 2 aliphatic rings. The summed E-state index contributed by atoms with van der Waals surface area (Å²) >= 11 is 0. The van der Waals surface area contributed by atoms with E-state index in [1.54, 1.807) is 0 Å². The highest BCUT2D eigenvalue weighted by Crippen LogP contribution is 2.23. The Labute approximate surface area is 150 Å². The van der Waals surface area contributed by atoms with Crippen molar-refractivity contribution in [2.24, 2.45) is 11.8 Å². The average Bonchev–Trinajstić information content (AvgIpc) is 3.02. The zero-order valence-corrected chi connectivity index (χ0v) is 15.1. The zero-order chi connectivity index (χ0) is 17.6. The second-order valence-corrected chi connectivity index (χ2v) is 7.45. The van der Waals surface area contributed by atoms with E-state index in [9.17, 15) is 9.59 Å². The fourth-order valence-corrected chi connectivity index (χ4v) is 3.82. The Bertz CT molecular complexity index is 593. The molecule has 3 rings (SSSR count). The summed E-state index contributed by atoms with van der Waals surface area (Å²) in [6, 6.07) is 7.85. The van der Waals surface area contributed by atoms with Gasteiger partial charge in [0.25, 0.3) is 0 Å². The number of hydrogen-bond acceptors (Lipinski definition) is 3. The minimum absolute atomic E-state index is 0.0838. The van der Waals surface area contributed by atoms with Gasteiger partial charge in [0.2, 0.25) is 11.8 Å². The number of rotatable bonds is 6. The lowest BCUT2D eigenvalue weighted by molar-refractivity contribution is -0.128. The minimum atomic E-state index is 0.0838. The molecule has 2 aliphatic heterocycles. The molecule has 0 spiro atoms. The molecule has 0 bridgehead atoms. The number of nitrogens with one attached hydrogen (secondary N) is 2. The predicted molar refractivity (Wildman–Crippen MR) is 99.1 cm³/mol. The Balaban J connectivity index is 1.47. The van der Waals surface area contributed by atoms with E-state index in [0.29, 0.717) is 31.2 Å². The maximum atomic E-state index is 12.3. The molecule has 2 atom stereocenters. The van der Waals surface area contributed by atoms with E-state index in [1.807, 2.05) is 29.2 Å². The van der Waals surface area contributed by atoms with Crippen LogP contribution < -0.4 is 10.6 Å². The van der Waals surface area contributed by atoms with Crippen molar-refractivity contribution in [1.29, 1.82) is 0 Å². The number of hydrogen-bond donors (Lipinski definition) is 2. The lowest BCUT2D eigenvalue weighted by atomic mass is 9.85. The van der Waals surface area contributed by atoms with Gasteiger partial charge in [-0.2, -0.15) is 0 Å². The maximum absolute atomic E-state index is 12.3. The van der Waals surface area contributed by atoms with Crippen molar-refractivity contribution in [2.45, 2.75) is 45.6 Å².